The Morgan fingerprint density at radius 1 is 1.03 bits per heavy atom. The van der Waals surface area contributed by atoms with Crippen LogP contribution in [-0.2, 0) is 5.41 Å². The van der Waals surface area contributed by atoms with E-state index < -0.39 is 11.6 Å². The van der Waals surface area contributed by atoms with Crippen LogP contribution in [-0.4, -0.2) is 33.3 Å². The highest BCUT2D eigenvalue weighted by Gasteiger charge is 2.65. The zero-order valence-corrected chi connectivity index (χ0v) is 18.3. The summed E-state index contributed by atoms with van der Waals surface area (Å²) >= 11 is 0. The summed E-state index contributed by atoms with van der Waals surface area (Å²) in [6, 6.07) is 7.73. The molecule has 2 fully saturated rings. The third-order valence-corrected chi connectivity index (χ3v) is 8.07. The Morgan fingerprint density at radius 3 is 2.53 bits per heavy atom. The summed E-state index contributed by atoms with van der Waals surface area (Å²) in [7, 11) is 0. The van der Waals surface area contributed by atoms with E-state index in [-0.39, 0.29) is 28.0 Å². The highest BCUT2D eigenvalue weighted by atomic mass is 19.1. The van der Waals surface area contributed by atoms with E-state index in [4.69, 9.17) is 4.98 Å². The third kappa shape index (κ3) is 2.48. The molecule has 6 rings (SSSR count). The van der Waals surface area contributed by atoms with E-state index in [1.807, 2.05) is 18.3 Å². The van der Waals surface area contributed by atoms with Crippen molar-refractivity contribution in [1.82, 2.24) is 20.2 Å². The van der Waals surface area contributed by atoms with E-state index in [0.717, 1.165) is 61.7 Å². The number of benzene rings is 1. The summed E-state index contributed by atoms with van der Waals surface area (Å²) in [6.07, 6.45) is 6.08. The topological polar surface area (TPSA) is 54.8 Å². The summed E-state index contributed by atoms with van der Waals surface area (Å²) in [5.41, 5.74) is 2.51. The van der Waals surface area contributed by atoms with Gasteiger partial charge >= 0.3 is 0 Å². The van der Waals surface area contributed by atoms with Gasteiger partial charge in [0.25, 0.3) is 0 Å². The highest BCUT2D eigenvalue weighted by Crippen LogP contribution is 2.69. The van der Waals surface area contributed by atoms with Gasteiger partial charge in [-0.2, -0.15) is 5.10 Å². The first kappa shape index (κ1) is 19.7. The van der Waals surface area contributed by atoms with Crippen molar-refractivity contribution in [3.05, 3.63) is 65.1 Å². The summed E-state index contributed by atoms with van der Waals surface area (Å²) in [6.45, 7) is 6.48. The lowest BCUT2D eigenvalue weighted by Crippen LogP contribution is -2.38. The summed E-state index contributed by atoms with van der Waals surface area (Å²) in [5, 5.41) is 8.93. The van der Waals surface area contributed by atoms with Crippen LogP contribution in [0.25, 0.3) is 11.3 Å². The number of nitrogens with zero attached hydrogens (tertiary/aromatic N) is 5. The molecule has 32 heavy (non-hydrogen) atoms. The van der Waals surface area contributed by atoms with Gasteiger partial charge in [0.1, 0.15) is 11.6 Å². The molecule has 1 saturated carbocycles. The first-order valence-corrected chi connectivity index (χ1v) is 11.3. The molecule has 1 saturated heterocycles. The van der Waals surface area contributed by atoms with E-state index in [0.29, 0.717) is 0 Å². The molecule has 1 aromatic carbocycles. The molecular formula is C25H25F2N5. The SMILES string of the molecule is CC1(C)[C@H]2CC[C@@]1(c1ccnc(N3CCCC3)n1)c1nnc(-c3c(F)cccc3F)cc12. The first-order valence-electron chi connectivity index (χ1n) is 11.3. The molecule has 0 radical (unpaired) electrons. The molecule has 0 spiro atoms. The van der Waals surface area contributed by atoms with Crippen LogP contribution < -0.4 is 4.90 Å². The van der Waals surface area contributed by atoms with Gasteiger partial charge in [-0.25, -0.2) is 18.7 Å². The second-order valence-corrected chi connectivity index (χ2v) is 9.78. The number of fused-ring (bicyclic) bond motifs is 5. The number of anilines is 1. The van der Waals surface area contributed by atoms with E-state index in [2.05, 4.69) is 33.9 Å². The van der Waals surface area contributed by atoms with Crippen molar-refractivity contribution < 1.29 is 8.78 Å². The highest BCUT2D eigenvalue weighted by molar-refractivity contribution is 5.64. The van der Waals surface area contributed by atoms with Crippen molar-refractivity contribution in [2.75, 3.05) is 18.0 Å². The van der Waals surface area contributed by atoms with Gasteiger partial charge in [0, 0.05) is 19.3 Å². The smallest absolute Gasteiger partial charge is 0.225 e. The lowest BCUT2D eigenvalue weighted by atomic mass is 9.66. The summed E-state index contributed by atoms with van der Waals surface area (Å²) < 4.78 is 28.9. The van der Waals surface area contributed by atoms with Crippen molar-refractivity contribution in [2.24, 2.45) is 5.41 Å². The predicted octanol–water partition coefficient (Wildman–Crippen LogP) is 5.02. The van der Waals surface area contributed by atoms with Crippen LogP contribution in [0.5, 0.6) is 0 Å². The molecule has 2 aromatic heterocycles. The van der Waals surface area contributed by atoms with E-state index in [1.165, 1.54) is 18.2 Å². The normalized spacial score (nSPS) is 25.4. The molecule has 3 aromatic rings. The lowest BCUT2D eigenvalue weighted by molar-refractivity contribution is 0.242. The standard InChI is InChI=1S/C25H25F2N5/c1-24(2)16-8-10-25(24,20-9-11-28-23(29-20)32-12-3-4-13-32)22-15(16)14-19(30-31-22)21-17(26)6-5-7-18(21)27/h5-7,9,11,14,16H,3-4,8,10,12-13H2,1-2H3/t16-,25+/m0/s1. The fraction of sp³-hybridized carbons (Fsp3) is 0.440. The molecule has 2 bridgehead atoms. The first-order chi connectivity index (χ1) is 15.4. The predicted molar refractivity (Wildman–Crippen MR) is 117 cm³/mol. The Balaban J connectivity index is 1.51. The average molecular weight is 434 g/mol. The zero-order valence-electron chi connectivity index (χ0n) is 18.3. The number of aromatic nitrogens is 4. The van der Waals surface area contributed by atoms with Gasteiger partial charge in [-0.3, -0.25) is 0 Å². The maximum Gasteiger partial charge on any atom is 0.225 e. The quantitative estimate of drug-likeness (QED) is 0.581. The Hall–Kier alpha value is -2.96. The van der Waals surface area contributed by atoms with Gasteiger partial charge in [-0.1, -0.05) is 19.9 Å². The minimum Gasteiger partial charge on any atom is -0.341 e. The lowest BCUT2D eigenvalue weighted by Gasteiger charge is -2.37. The number of hydrogen-bond donors (Lipinski definition) is 0. The maximum atomic E-state index is 14.4. The van der Waals surface area contributed by atoms with Crippen LogP contribution in [0.1, 0.15) is 62.4 Å². The molecule has 5 nitrogen and oxygen atoms in total. The molecule has 7 heteroatoms. The minimum absolute atomic E-state index is 0.115. The molecule has 3 heterocycles. The van der Waals surface area contributed by atoms with Crippen LogP contribution in [0.2, 0.25) is 0 Å². The summed E-state index contributed by atoms with van der Waals surface area (Å²) in [4.78, 5) is 11.8. The van der Waals surface area contributed by atoms with Gasteiger partial charge in [0.2, 0.25) is 5.95 Å². The molecule has 164 valence electrons. The third-order valence-electron chi connectivity index (χ3n) is 8.07. The van der Waals surface area contributed by atoms with E-state index >= 15 is 0 Å². The average Bonchev–Trinajstić information content (AvgIpc) is 3.45. The van der Waals surface area contributed by atoms with E-state index in [1.54, 1.807) is 0 Å². The molecule has 2 atom stereocenters. The molecule has 0 unspecified atom stereocenters. The van der Waals surface area contributed by atoms with Gasteiger partial charge < -0.3 is 4.90 Å². The van der Waals surface area contributed by atoms with Crippen molar-refractivity contribution in [3.63, 3.8) is 0 Å². The van der Waals surface area contributed by atoms with Gasteiger partial charge in [0.05, 0.1) is 28.1 Å². The molecular weight excluding hydrogens is 408 g/mol. The van der Waals surface area contributed by atoms with Crippen LogP contribution in [0.15, 0.2) is 36.5 Å². The van der Waals surface area contributed by atoms with Gasteiger partial charge in [-0.05, 0) is 66.8 Å². The maximum absolute atomic E-state index is 14.4. The molecule has 0 amide bonds. The largest absolute Gasteiger partial charge is 0.341 e. The van der Waals surface area contributed by atoms with E-state index in [9.17, 15) is 8.78 Å². The number of hydrogen-bond acceptors (Lipinski definition) is 5. The second kappa shape index (κ2) is 6.77. The van der Waals surface area contributed by atoms with Crippen LogP contribution >= 0.6 is 0 Å². The fourth-order valence-electron chi connectivity index (χ4n) is 6.41. The second-order valence-electron chi connectivity index (χ2n) is 9.78. The van der Waals surface area contributed by atoms with Crippen molar-refractivity contribution in [2.45, 2.75) is 50.9 Å². The van der Waals surface area contributed by atoms with Crippen molar-refractivity contribution in [1.29, 1.82) is 0 Å². The van der Waals surface area contributed by atoms with Gasteiger partial charge in [0.15, 0.2) is 0 Å². The Kier molecular flexibility index (Phi) is 4.17. The monoisotopic (exact) mass is 433 g/mol. The van der Waals surface area contributed by atoms with Crippen molar-refractivity contribution >= 4 is 5.95 Å². The van der Waals surface area contributed by atoms with Crippen LogP contribution in [0.3, 0.4) is 0 Å². The Morgan fingerprint density at radius 2 is 1.78 bits per heavy atom. The molecule has 0 N–H and O–H groups in total. The van der Waals surface area contributed by atoms with Crippen LogP contribution in [0.4, 0.5) is 14.7 Å². The van der Waals surface area contributed by atoms with Crippen LogP contribution in [0, 0.1) is 17.0 Å². The van der Waals surface area contributed by atoms with Gasteiger partial charge in [-0.15, -0.1) is 5.10 Å². The number of halogens is 2. The number of rotatable bonds is 3. The zero-order chi connectivity index (χ0) is 22.1. The minimum atomic E-state index is -0.623. The molecule has 2 aliphatic carbocycles. The molecule has 1 aliphatic heterocycles. The molecule has 3 aliphatic rings. The fourth-order valence-corrected chi connectivity index (χ4v) is 6.41. The Labute approximate surface area is 185 Å². The van der Waals surface area contributed by atoms with Crippen molar-refractivity contribution in [3.8, 4) is 11.3 Å². The Bertz CT molecular complexity index is 1200. The summed E-state index contributed by atoms with van der Waals surface area (Å²) in [5.74, 6) is -0.239.